The predicted molar refractivity (Wildman–Crippen MR) is 106 cm³/mol. The number of ether oxygens (including phenoxy) is 2. The van der Waals surface area contributed by atoms with Gasteiger partial charge in [-0.15, -0.1) is 0 Å². The van der Waals surface area contributed by atoms with Gasteiger partial charge in [0.05, 0.1) is 12.0 Å². The van der Waals surface area contributed by atoms with Gasteiger partial charge in [-0.2, -0.15) is 0 Å². The highest BCUT2D eigenvalue weighted by molar-refractivity contribution is 5.75. The quantitative estimate of drug-likeness (QED) is 0.499. The molecular formula is C22H31NO5. The van der Waals surface area contributed by atoms with E-state index in [1.54, 1.807) is 0 Å². The summed E-state index contributed by atoms with van der Waals surface area (Å²) in [6, 6.07) is 8.94. The average Bonchev–Trinajstić information content (AvgIpc) is 3.06. The second-order valence-electron chi connectivity index (χ2n) is 7.84. The summed E-state index contributed by atoms with van der Waals surface area (Å²) in [5.74, 6) is -0.457. The van der Waals surface area contributed by atoms with E-state index in [0.717, 1.165) is 11.1 Å². The smallest absolute Gasteiger partial charge is 0.407 e. The fourth-order valence-corrected chi connectivity index (χ4v) is 3.38. The molecule has 1 aliphatic heterocycles. The summed E-state index contributed by atoms with van der Waals surface area (Å²) in [5, 5.41) is 12.5. The number of amides is 1. The summed E-state index contributed by atoms with van der Waals surface area (Å²) < 4.78 is 10.9. The number of esters is 1. The van der Waals surface area contributed by atoms with Gasteiger partial charge in [-0.3, -0.25) is 4.79 Å². The Balaban J connectivity index is 2.04. The van der Waals surface area contributed by atoms with E-state index in [1.807, 2.05) is 51.1 Å². The van der Waals surface area contributed by atoms with E-state index in [2.05, 4.69) is 11.9 Å². The Labute approximate surface area is 166 Å². The number of hydrogen-bond donors (Lipinski definition) is 2. The van der Waals surface area contributed by atoms with Crippen molar-refractivity contribution >= 4 is 12.1 Å². The second-order valence-corrected chi connectivity index (χ2v) is 7.84. The van der Waals surface area contributed by atoms with Crippen LogP contribution in [0, 0.1) is 17.8 Å². The molecule has 6 heteroatoms. The summed E-state index contributed by atoms with van der Waals surface area (Å²) in [7, 11) is 0. The molecule has 28 heavy (non-hydrogen) atoms. The van der Waals surface area contributed by atoms with Gasteiger partial charge in [0.15, 0.2) is 0 Å². The molecule has 2 N–H and O–H groups in total. The zero-order valence-corrected chi connectivity index (χ0v) is 16.9. The summed E-state index contributed by atoms with van der Waals surface area (Å²) in [6.07, 6.45) is -0.0577. The Morgan fingerprint density at radius 3 is 2.57 bits per heavy atom. The Morgan fingerprint density at radius 1 is 1.36 bits per heavy atom. The molecule has 0 spiro atoms. The first-order valence-electron chi connectivity index (χ1n) is 9.75. The molecule has 0 bridgehead atoms. The van der Waals surface area contributed by atoms with E-state index in [4.69, 9.17) is 9.47 Å². The topological polar surface area (TPSA) is 84.9 Å². The highest BCUT2D eigenvalue weighted by Crippen LogP contribution is 2.31. The molecule has 1 aliphatic rings. The molecular weight excluding hydrogens is 358 g/mol. The van der Waals surface area contributed by atoms with Crippen LogP contribution in [0.2, 0.25) is 0 Å². The minimum absolute atomic E-state index is 0.0825. The molecule has 4 atom stereocenters. The van der Waals surface area contributed by atoms with E-state index in [0.29, 0.717) is 12.8 Å². The molecule has 6 nitrogen and oxygen atoms in total. The number of carbonyl (C=O) groups is 2. The maximum absolute atomic E-state index is 12.4. The van der Waals surface area contributed by atoms with Crippen molar-refractivity contribution in [3.05, 3.63) is 48.0 Å². The van der Waals surface area contributed by atoms with Gasteiger partial charge in [0.25, 0.3) is 0 Å². The molecule has 1 amide bonds. The van der Waals surface area contributed by atoms with E-state index >= 15 is 0 Å². The first-order chi connectivity index (χ1) is 13.3. The SMILES string of the molecule is C=C(C)C(CO)CC(NC(=O)OCc1ccccc1)C1CC(C(C)C)C(=O)O1. The number of aliphatic hydroxyl groups is 1. The molecule has 0 aromatic heterocycles. The maximum Gasteiger partial charge on any atom is 0.407 e. The largest absolute Gasteiger partial charge is 0.460 e. The van der Waals surface area contributed by atoms with Crippen LogP contribution in [0.5, 0.6) is 0 Å². The summed E-state index contributed by atoms with van der Waals surface area (Å²) in [6.45, 7) is 9.78. The van der Waals surface area contributed by atoms with Gasteiger partial charge in [-0.25, -0.2) is 4.79 Å². The van der Waals surface area contributed by atoms with Gasteiger partial charge in [0.1, 0.15) is 12.7 Å². The fraction of sp³-hybridized carbons (Fsp3) is 0.545. The van der Waals surface area contributed by atoms with Gasteiger partial charge >= 0.3 is 12.1 Å². The normalized spacial score (nSPS) is 21.1. The predicted octanol–water partition coefficient (Wildman–Crippen LogP) is 3.44. The van der Waals surface area contributed by atoms with Crippen LogP contribution in [-0.2, 0) is 20.9 Å². The number of rotatable bonds is 9. The first-order valence-corrected chi connectivity index (χ1v) is 9.75. The fourth-order valence-electron chi connectivity index (χ4n) is 3.38. The zero-order valence-electron chi connectivity index (χ0n) is 16.9. The maximum atomic E-state index is 12.4. The third-order valence-electron chi connectivity index (χ3n) is 5.28. The molecule has 154 valence electrons. The van der Waals surface area contributed by atoms with Crippen LogP contribution in [0.3, 0.4) is 0 Å². The number of aliphatic hydroxyl groups excluding tert-OH is 1. The number of benzene rings is 1. The standard InChI is InChI=1S/C22H31NO5/c1-14(2)17(12-24)10-19(20-11-18(15(3)4)21(25)28-20)23-22(26)27-13-16-8-6-5-7-9-16/h5-9,15,17-20,24H,1,10-13H2,2-4H3,(H,23,26). The lowest BCUT2D eigenvalue weighted by molar-refractivity contribution is -0.146. The van der Waals surface area contributed by atoms with Crippen molar-refractivity contribution in [3.63, 3.8) is 0 Å². The van der Waals surface area contributed by atoms with Crippen molar-refractivity contribution in [2.24, 2.45) is 17.8 Å². The third kappa shape index (κ3) is 6.09. The van der Waals surface area contributed by atoms with Gasteiger partial charge in [0, 0.05) is 12.5 Å². The van der Waals surface area contributed by atoms with Crippen molar-refractivity contribution in [3.8, 4) is 0 Å². The van der Waals surface area contributed by atoms with Crippen LogP contribution in [0.1, 0.15) is 39.2 Å². The van der Waals surface area contributed by atoms with Crippen LogP contribution < -0.4 is 5.32 Å². The van der Waals surface area contributed by atoms with Crippen molar-refractivity contribution in [2.45, 2.75) is 52.4 Å². The van der Waals surface area contributed by atoms with Crippen molar-refractivity contribution in [1.29, 1.82) is 0 Å². The molecule has 0 aliphatic carbocycles. The second kappa shape index (κ2) is 10.3. The molecule has 2 rings (SSSR count). The van der Waals surface area contributed by atoms with Crippen LogP contribution >= 0.6 is 0 Å². The van der Waals surface area contributed by atoms with Gasteiger partial charge in [0.2, 0.25) is 0 Å². The zero-order chi connectivity index (χ0) is 20.7. The molecule has 1 aromatic carbocycles. The molecule has 0 saturated carbocycles. The molecule has 1 saturated heterocycles. The van der Waals surface area contributed by atoms with Crippen LogP contribution in [0.15, 0.2) is 42.5 Å². The monoisotopic (exact) mass is 389 g/mol. The van der Waals surface area contributed by atoms with E-state index in [1.165, 1.54) is 0 Å². The van der Waals surface area contributed by atoms with Crippen molar-refractivity contribution in [2.75, 3.05) is 6.61 Å². The minimum atomic E-state index is -0.573. The van der Waals surface area contributed by atoms with E-state index in [9.17, 15) is 14.7 Å². The van der Waals surface area contributed by atoms with Crippen LogP contribution in [0.4, 0.5) is 4.79 Å². The van der Waals surface area contributed by atoms with Crippen LogP contribution in [-0.4, -0.2) is 35.9 Å². The third-order valence-corrected chi connectivity index (χ3v) is 5.28. The number of hydrogen-bond acceptors (Lipinski definition) is 5. The highest BCUT2D eigenvalue weighted by atomic mass is 16.6. The van der Waals surface area contributed by atoms with E-state index < -0.39 is 18.2 Å². The average molecular weight is 389 g/mol. The molecule has 0 radical (unpaired) electrons. The number of alkyl carbamates (subject to hydrolysis) is 1. The molecule has 1 aromatic rings. The Kier molecular flexibility index (Phi) is 8.05. The Bertz CT molecular complexity index is 673. The van der Waals surface area contributed by atoms with Crippen LogP contribution in [0.25, 0.3) is 0 Å². The highest BCUT2D eigenvalue weighted by Gasteiger charge is 2.41. The van der Waals surface area contributed by atoms with Gasteiger partial charge in [-0.05, 0) is 31.2 Å². The summed E-state index contributed by atoms with van der Waals surface area (Å²) >= 11 is 0. The van der Waals surface area contributed by atoms with Gasteiger partial charge in [-0.1, -0.05) is 56.3 Å². The number of nitrogens with one attached hydrogen (secondary N) is 1. The first kappa shape index (κ1) is 22.0. The lowest BCUT2D eigenvalue weighted by Crippen LogP contribution is -2.45. The Hall–Kier alpha value is -2.34. The Morgan fingerprint density at radius 2 is 2.04 bits per heavy atom. The lowest BCUT2D eigenvalue weighted by atomic mass is 9.87. The van der Waals surface area contributed by atoms with E-state index in [-0.39, 0.29) is 36.9 Å². The number of cyclic esters (lactones) is 1. The van der Waals surface area contributed by atoms with Crippen molar-refractivity contribution < 1.29 is 24.2 Å². The number of carbonyl (C=O) groups excluding carboxylic acids is 2. The van der Waals surface area contributed by atoms with Crippen molar-refractivity contribution in [1.82, 2.24) is 5.32 Å². The summed E-state index contributed by atoms with van der Waals surface area (Å²) in [5.41, 5.74) is 1.70. The van der Waals surface area contributed by atoms with Gasteiger partial charge < -0.3 is 19.9 Å². The molecule has 4 unspecified atom stereocenters. The lowest BCUT2D eigenvalue weighted by Gasteiger charge is -2.27. The summed E-state index contributed by atoms with van der Waals surface area (Å²) in [4.78, 5) is 24.5. The minimum Gasteiger partial charge on any atom is -0.460 e. The molecule has 1 heterocycles. The molecule has 1 fully saturated rings.